The molecule has 0 bridgehead atoms. The van der Waals surface area contributed by atoms with Crippen LogP contribution in [0.4, 0.5) is 0 Å². The predicted octanol–water partition coefficient (Wildman–Crippen LogP) is 2.49. The molecule has 3 nitrogen and oxygen atoms in total. The zero-order valence-corrected chi connectivity index (χ0v) is 7.47. The number of rotatable bonds is 1. The molecular weight excluding hydrogens is 190 g/mol. The number of fused-ring (bicyclic) bond motifs is 1. The molecule has 0 saturated heterocycles. The normalized spacial score (nSPS) is 12.6. The summed E-state index contributed by atoms with van der Waals surface area (Å²) in [6, 6.07) is 3.51. The van der Waals surface area contributed by atoms with Gasteiger partial charge in [-0.25, -0.2) is 6.57 Å². The Morgan fingerprint density at radius 3 is 3.08 bits per heavy atom. The molecule has 1 aromatic carbocycles. The van der Waals surface area contributed by atoms with Gasteiger partial charge in [-0.15, -0.1) is 0 Å². The maximum absolute atomic E-state index is 6.72. The van der Waals surface area contributed by atoms with E-state index in [1.54, 1.807) is 12.1 Å². The van der Waals surface area contributed by atoms with Crippen LogP contribution in [0.25, 0.3) is 4.85 Å². The van der Waals surface area contributed by atoms with Gasteiger partial charge in [-0.2, -0.15) is 0 Å². The molecule has 0 fully saturated rings. The van der Waals surface area contributed by atoms with Crippen LogP contribution in [0.2, 0.25) is 5.02 Å². The van der Waals surface area contributed by atoms with Crippen molar-refractivity contribution in [3.05, 3.63) is 34.1 Å². The van der Waals surface area contributed by atoms with Gasteiger partial charge in [0.2, 0.25) is 13.3 Å². The second-order valence-corrected chi connectivity index (χ2v) is 3.03. The first-order valence-electron chi connectivity index (χ1n) is 3.72. The first-order chi connectivity index (χ1) is 6.31. The zero-order chi connectivity index (χ0) is 9.26. The van der Waals surface area contributed by atoms with E-state index in [0.29, 0.717) is 23.1 Å². The van der Waals surface area contributed by atoms with Crippen LogP contribution < -0.4 is 9.47 Å². The summed E-state index contributed by atoms with van der Waals surface area (Å²) in [6.07, 6.45) is 0. The maximum Gasteiger partial charge on any atom is 0.239 e. The van der Waals surface area contributed by atoms with Crippen molar-refractivity contribution in [1.82, 2.24) is 0 Å². The molecule has 0 spiro atoms. The minimum atomic E-state index is 0.205. The summed E-state index contributed by atoms with van der Waals surface area (Å²) in [7, 11) is 0. The van der Waals surface area contributed by atoms with Gasteiger partial charge in [-0.05, 0) is 12.1 Å². The van der Waals surface area contributed by atoms with Crippen molar-refractivity contribution < 1.29 is 9.47 Å². The second-order valence-electron chi connectivity index (χ2n) is 2.63. The van der Waals surface area contributed by atoms with Gasteiger partial charge >= 0.3 is 0 Å². The molecule has 4 heteroatoms. The van der Waals surface area contributed by atoms with E-state index in [1.165, 1.54) is 0 Å². The molecule has 0 unspecified atom stereocenters. The molecule has 0 amide bonds. The Morgan fingerprint density at radius 1 is 1.46 bits per heavy atom. The quantitative estimate of drug-likeness (QED) is 0.643. The van der Waals surface area contributed by atoms with Crippen molar-refractivity contribution in [1.29, 1.82) is 0 Å². The van der Waals surface area contributed by atoms with E-state index in [4.69, 9.17) is 27.6 Å². The third-order valence-corrected chi connectivity index (χ3v) is 2.03. The standard InChI is InChI=1S/C9H6ClNO2/c1-11-4-6-2-7(10)9-8(3-6)12-5-13-9/h2-3H,4-5H2. The first kappa shape index (κ1) is 8.21. The van der Waals surface area contributed by atoms with Crippen LogP contribution in [-0.4, -0.2) is 6.79 Å². The Bertz CT molecular complexity index is 384. The summed E-state index contributed by atoms with van der Waals surface area (Å²) in [5.74, 6) is 1.21. The SMILES string of the molecule is [C-]#[N+]Cc1cc(Cl)c2c(c1)OCO2. The number of ether oxygens (including phenoxy) is 2. The highest BCUT2D eigenvalue weighted by Gasteiger charge is 2.18. The third kappa shape index (κ3) is 1.41. The van der Waals surface area contributed by atoms with Crippen LogP contribution in [-0.2, 0) is 6.54 Å². The fourth-order valence-electron chi connectivity index (χ4n) is 1.20. The Hall–Kier alpha value is -1.40. The molecule has 1 aromatic rings. The van der Waals surface area contributed by atoms with Crippen LogP contribution in [0.1, 0.15) is 5.56 Å². The van der Waals surface area contributed by atoms with Gasteiger partial charge in [0.15, 0.2) is 11.5 Å². The molecular formula is C9H6ClNO2. The predicted molar refractivity (Wildman–Crippen MR) is 47.9 cm³/mol. The number of hydrogen-bond donors (Lipinski definition) is 0. The molecule has 0 N–H and O–H groups in total. The number of benzene rings is 1. The van der Waals surface area contributed by atoms with Crippen molar-refractivity contribution in [2.24, 2.45) is 0 Å². The van der Waals surface area contributed by atoms with E-state index in [0.717, 1.165) is 5.56 Å². The van der Waals surface area contributed by atoms with Crippen LogP contribution in [0.15, 0.2) is 12.1 Å². The average molecular weight is 196 g/mol. The molecule has 0 aliphatic carbocycles. The van der Waals surface area contributed by atoms with E-state index in [1.807, 2.05) is 0 Å². The molecule has 0 radical (unpaired) electrons. The van der Waals surface area contributed by atoms with Crippen LogP contribution in [0.3, 0.4) is 0 Å². The molecule has 13 heavy (non-hydrogen) atoms. The van der Waals surface area contributed by atoms with Gasteiger partial charge in [-0.3, -0.25) is 0 Å². The number of nitrogens with zero attached hydrogens (tertiary/aromatic N) is 1. The highest BCUT2D eigenvalue weighted by Crippen LogP contribution is 2.39. The summed E-state index contributed by atoms with van der Waals surface area (Å²) < 4.78 is 10.3. The lowest BCUT2D eigenvalue weighted by Gasteiger charge is -1.99. The van der Waals surface area contributed by atoms with Gasteiger partial charge in [0.1, 0.15) is 0 Å². The van der Waals surface area contributed by atoms with Crippen molar-refractivity contribution >= 4 is 11.6 Å². The summed E-state index contributed by atoms with van der Waals surface area (Å²) in [4.78, 5) is 3.27. The van der Waals surface area contributed by atoms with Gasteiger partial charge in [0.05, 0.1) is 5.02 Å². The zero-order valence-electron chi connectivity index (χ0n) is 6.71. The molecule has 0 saturated carbocycles. The van der Waals surface area contributed by atoms with E-state index < -0.39 is 0 Å². The monoisotopic (exact) mass is 195 g/mol. The Kier molecular flexibility index (Phi) is 1.99. The van der Waals surface area contributed by atoms with E-state index in [2.05, 4.69) is 4.85 Å². The fraction of sp³-hybridized carbons (Fsp3) is 0.222. The third-order valence-electron chi connectivity index (χ3n) is 1.75. The average Bonchev–Trinajstić information content (AvgIpc) is 2.53. The number of halogens is 1. The highest BCUT2D eigenvalue weighted by atomic mass is 35.5. The minimum Gasteiger partial charge on any atom is -0.454 e. The summed E-state index contributed by atoms with van der Waals surface area (Å²) in [6.45, 7) is 7.24. The van der Waals surface area contributed by atoms with Crippen LogP contribution in [0, 0.1) is 6.57 Å². The Labute approximate surface area is 80.7 Å². The van der Waals surface area contributed by atoms with Crippen molar-refractivity contribution in [2.45, 2.75) is 6.54 Å². The van der Waals surface area contributed by atoms with Crippen LogP contribution >= 0.6 is 11.6 Å². The highest BCUT2D eigenvalue weighted by molar-refractivity contribution is 6.32. The second kappa shape index (κ2) is 3.15. The van der Waals surface area contributed by atoms with E-state index in [9.17, 15) is 0 Å². The van der Waals surface area contributed by atoms with Gasteiger partial charge < -0.3 is 14.3 Å². The van der Waals surface area contributed by atoms with Crippen molar-refractivity contribution in [2.75, 3.05) is 6.79 Å². The molecule has 1 aliphatic heterocycles. The fourth-order valence-corrected chi connectivity index (χ4v) is 1.49. The van der Waals surface area contributed by atoms with E-state index in [-0.39, 0.29) is 6.79 Å². The molecule has 1 heterocycles. The lowest BCUT2D eigenvalue weighted by Crippen LogP contribution is -1.93. The first-order valence-corrected chi connectivity index (χ1v) is 4.10. The minimum absolute atomic E-state index is 0.205. The molecule has 0 atom stereocenters. The van der Waals surface area contributed by atoms with Gasteiger partial charge in [0, 0.05) is 5.56 Å². The van der Waals surface area contributed by atoms with Crippen molar-refractivity contribution in [3.8, 4) is 11.5 Å². The van der Waals surface area contributed by atoms with Gasteiger partial charge in [0.25, 0.3) is 0 Å². The summed E-state index contributed by atoms with van der Waals surface area (Å²) in [5.41, 5.74) is 0.851. The molecule has 0 aromatic heterocycles. The summed E-state index contributed by atoms with van der Waals surface area (Å²) in [5, 5.41) is 0.508. The van der Waals surface area contributed by atoms with Crippen molar-refractivity contribution in [3.63, 3.8) is 0 Å². The molecule has 66 valence electrons. The Morgan fingerprint density at radius 2 is 2.31 bits per heavy atom. The topological polar surface area (TPSA) is 22.8 Å². The lowest BCUT2D eigenvalue weighted by molar-refractivity contribution is 0.174. The number of hydrogen-bond acceptors (Lipinski definition) is 2. The smallest absolute Gasteiger partial charge is 0.239 e. The maximum atomic E-state index is 6.72. The Balaban J connectivity index is 2.44. The molecule has 2 rings (SSSR count). The molecule has 1 aliphatic rings. The van der Waals surface area contributed by atoms with Gasteiger partial charge in [-0.1, -0.05) is 11.6 Å². The van der Waals surface area contributed by atoms with E-state index >= 15 is 0 Å². The lowest BCUT2D eigenvalue weighted by atomic mass is 10.2. The van der Waals surface area contributed by atoms with Crippen LogP contribution in [0.5, 0.6) is 11.5 Å². The largest absolute Gasteiger partial charge is 0.454 e. The summed E-state index contributed by atoms with van der Waals surface area (Å²) >= 11 is 5.90.